The van der Waals surface area contributed by atoms with Gasteiger partial charge in [0.05, 0.1) is 23.9 Å². The summed E-state index contributed by atoms with van der Waals surface area (Å²) < 4.78 is 19.1. The van der Waals surface area contributed by atoms with Gasteiger partial charge in [-0.05, 0) is 42.3 Å². The second-order valence-corrected chi connectivity index (χ2v) is 5.79. The predicted molar refractivity (Wildman–Crippen MR) is 84.8 cm³/mol. The highest BCUT2D eigenvalue weighted by Gasteiger charge is 2.37. The number of ether oxygens (including phenoxy) is 1. The van der Waals surface area contributed by atoms with Crippen LogP contribution >= 0.6 is 0 Å². The first-order valence-corrected chi connectivity index (χ1v) is 7.44. The number of rotatable bonds is 4. The van der Waals surface area contributed by atoms with E-state index in [2.05, 4.69) is 5.32 Å². The molecule has 2 N–H and O–H groups in total. The highest BCUT2D eigenvalue weighted by molar-refractivity contribution is 5.59. The highest BCUT2D eigenvalue weighted by atomic mass is 19.1. The van der Waals surface area contributed by atoms with Gasteiger partial charge in [-0.25, -0.2) is 4.39 Å². The molecule has 1 heterocycles. The molecule has 2 aromatic rings. The Morgan fingerprint density at radius 1 is 1.30 bits per heavy atom. The Morgan fingerprint density at radius 3 is 2.87 bits per heavy atom. The molecule has 0 amide bonds. The largest absolute Gasteiger partial charge is 0.506 e. The molecule has 0 aliphatic carbocycles. The minimum absolute atomic E-state index is 0.0808. The lowest BCUT2D eigenvalue weighted by Gasteiger charge is -2.29. The van der Waals surface area contributed by atoms with Crippen molar-refractivity contribution in [1.29, 1.82) is 5.26 Å². The predicted octanol–water partition coefficient (Wildman–Crippen LogP) is 3.17. The fourth-order valence-electron chi connectivity index (χ4n) is 2.91. The van der Waals surface area contributed by atoms with Crippen LogP contribution in [0, 0.1) is 17.1 Å². The number of anilines is 1. The molecule has 4 nitrogen and oxygen atoms in total. The molecule has 0 aromatic heterocycles. The van der Waals surface area contributed by atoms with Gasteiger partial charge in [-0.15, -0.1) is 0 Å². The van der Waals surface area contributed by atoms with E-state index in [1.807, 2.05) is 12.1 Å². The maximum Gasteiger partial charge on any atom is 0.138 e. The number of hydrogen-bond acceptors (Lipinski definition) is 4. The first kappa shape index (κ1) is 15.3. The Labute approximate surface area is 134 Å². The molecule has 2 aromatic carbocycles. The molecule has 3 rings (SSSR count). The molecule has 0 bridgehead atoms. The minimum Gasteiger partial charge on any atom is -0.506 e. The standard InChI is InChI=1S/C18H17FN2O2/c19-15-3-1-2-14(9-15)18(6-7-23-12-18)11-21-16-8-13(10-20)4-5-17(16)22/h1-5,8-9,21-22H,6-7,11-12H2. The molecule has 1 atom stereocenters. The molecule has 1 saturated heterocycles. The summed E-state index contributed by atoms with van der Waals surface area (Å²) in [5, 5.41) is 22.1. The third kappa shape index (κ3) is 3.13. The Kier molecular flexibility index (Phi) is 4.18. The van der Waals surface area contributed by atoms with Crippen molar-refractivity contribution in [1.82, 2.24) is 0 Å². The lowest BCUT2D eigenvalue weighted by Crippen LogP contribution is -2.35. The van der Waals surface area contributed by atoms with Crippen LogP contribution in [0.2, 0.25) is 0 Å². The van der Waals surface area contributed by atoms with Crippen LogP contribution in [0.5, 0.6) is 5.75 Å². The molecule has 23 heavy (non-hydrogen) atoms. The molecule has 1 fully saturated rings. The normalized spacial score (nSPS) is 20.2. The van der Waals surface area contributed by atoms with E-state index in [-0.39, 0.29) is 17.0 Å². The van der Waals surface area contributed by atoms with E-state index in [0.29, 0.717) is 31.0 Å². The number of phenols is 1. The van der Waals surface area contributed by atoms with Crippen LogP contribution in [0.1, 0.15) is 17.5 Å². The van der Waals surface area contributed by atoms with E-state index in [0.717, 1.165) is 12.0 Å². The summed E-state index contributed by atoms with van der Waals surface area (Å²) in [5.41, 5.74) is 1.48. The SMILES string of the molecule is N#Cc1ccc(O)c(NCC2(c3cccc(F)c3)CCOC2)c1. The average molecular weight is 312 g/mol. The van der Waals surface area contributed by atoms with Crippen molar-refractivity contribution in [3.8, 4) is 11.8 Å². The smallest absolute Gasteiger partial charge is 0.138 e. The van der Waals surface area contributed by atoms with Crippen molar-refractivity contribution in [3.05, 3.63) is 59.4 Å². The molecule has 0 spiro atoms. The Bertz CT molecular complexity index is 749. The van der Waals surface area contributed by atoms with E-state index in [4.69, 9.17) is 10.00 Å². The summed E-state index contributed by atoms with van der Waals surface area (Å²) >= 11 is 0. The number of aromatic hydroxyl groups is 1. The third-order valence-corrected chi connectivity index (χ3v) is 4.28. The lowest BCUT2D eigenvalue weighted by molar-refractivity contribution is 0.179. The summed E-state index contributed by atoms with van der Waals surface area (Å²) in [5.74, 6) is -0.194. The van der Waals surface area contributed by atoms with Crippen molar-refractivity contribution in [3.63, 3.8) is 0 Å². The van der Waals surface area contributed by atoms with Crippen LogP contribution in [0.15, 0.2) is 42.5 Å². The molecule has 1 aliphatic heterocycles. The van der Waals surface area contributed by atoms with Gasteiger partial charge in [-0.3, -0.25) is 0 Å². The summed E-state index contributed by atoms with van der Waals surface area (Å²) in [6, 6.07) is 13.2. The van der Waals surface area contributed by atoms with Crippen LogP contribution in [0.25, 0.3) is 0 Å². The van der Waals surface area contributed by atoms with Gasteiger partial charge in [0.15, 0.2) is 0 Å². The highest BCUT2D eigenvalue weighted by Crippen LogP contribution is 2.35. The molecular weight excluding hydrogens is 295 g/mol. The minimum atomic E-state index is -0.350. The molecule has 0 radical (unpaired) electrons. The van der Waals surface area contributed by atoms with Gasteiger partial charge < -0.3 is 15.2 Å². The number of phenolic OH excluding ortho intramolecular Hbond substituents is 1. The van der Waals surface area contributed by atoms with Crippen molar-refractivity contribution in [2.45, 2.75) is 11.8 Å². The first-order valence-electron chi connectivity index (χ1n) is 7.44. The summed E-state index contributed by atoms with van der Waals surface area (Å²) in [7, 11) is 0. The van der Waals surface area contributed by atoms with Gasteiger partial charge in [0.25, 0.3) is 0 Å². The zero-order chi connectivity index (χ0) is 16.3. The quantitative estimate of drug-likeness (QED) is 0.851. The number of nitrogens with one attached hydrogen (secondary N) is 1. The maximum atomic E-state index is 13.6. The van der Waals surface area contributed by atoms with Crippen LogP contribution in [-0.4, -0.2) is 24.9 Å². The monoisotopic (exact) mass is 312 g/mol. The van der Waals surface area contributed by atoms with Gasteiger partial charge in [0.1, 0.15) is 11.6 Å². The fourth-order valence-corrected chi connectivity index (χ4v) is 2.91. The Hall–Kier alpha value is -2.58. The number of benzene rings is 2. The van der Waals surface area contributed by atoms with Crippen molar-refractivity contribution >= 4 is 5.69 Å². The Balaban J connectivity index is 1.85. The maximum absolute atomic E-state index is 13.6. The lowest BCUT2D eigenvalue weighted by atomic mass is 9.79. The van der Waals surface area contributed by atoms with Gasteiger partial charge >= 0.3 is 0 Å². The van der Waals surface area contributed by atoms with Crippen molar-refractivity contribution in [2.24, 2.45) is 0 Å². The molecule has 118 valence electrons. The number of hydrogen-bond donors (Lipinski definition) is 2. The van der Waals surface area contributed by atoms with E-state index >= 15 is 0 Å². The summed E-state index contributed by atoms with van der Waals surface area (Å²) in [6.07, 6.45) is 0.766. The van der Waals surface area contributed by atoms with Crippen LogP contribution in [-0.2, 0) is 10.2 Å². The summed E-state index contributed by atoms with van der Waals surface area (Å²) in [4.78, 5) is 0. The second kappa shape index (κ2) is 6.27. The van der Waals surface area contributed by atoms with E-state index < -0.39 is 0 Å². The van der Waals surface area contributed by atoms with Gasteiger partial charge in [0, 0.05) is 18.6 Å². The van der Waals surface area contributed by atoms with Gasteiger partial charge in [-0.2, -0.15) is 5.26 Å². The van der Waals surface area contributed by atoms with Crippen LogP contribution < -0.4 is 5.32 Å². The summed E-state index contributed by atoms with van der Waals surface area (Å²) in [6.45, 7) is 1.59. The van der Waals surface area contributed by atoms with E-state index in [1.54, 1.807) is 18.2 Å². The van der Waals surface area contributed by atoms with Crippen molar-refractivity contribution in [2.75, 3.05) is 25.1 Å². The van der Waals surface area contributed by atoms with Crippen LogP contribution in [0.3, 0.4) is 0 Å². The van der Waals surface area contributed by atoms with Crippen LogP contribution in [0.4, 0.5) is 10.1 Å². The van der Waals surface area contributed by atoms with E-state index in [9.17, 15) is 9.50 Å². The zero-order valence-electron chi connectivity index (χ0n) is 12.6. The molecule has 0 saturated carbocycles. The van der Waals surface area contributed by atoms with Gasteiger partial charge in [-0.1, -0.05) is 12.1 Å². The topological polar surface area (TPSA) is 65.3 Å². The number of nitriles is 1. The fraction of sp³-hybridized carbons (Fsp3) is 0.278. The molecule has 5 heteroatoms. The van der Waals surface area contributed by atoms with Gasteiger partial charge in [0.2, 0.25) is 0 Å². The number of nitrogens with zero attached hydrogens (tertiary/aromatic N) is 1. The second-order valence-electron chi connectivity index (χ2n) is 5.79. The zero-order valence-corrected chi connectivity index (χ0v) is 12.6. The third-order valence-electron chi connectivity index (χ3n) is 4.28. The molecule has 1 aliphatic rings. The molecular formula is C18H17FN2O2. The van der Waals surface area contributed by atoms with E-state index in [1.165, 1.54) is 18.2 Å². The average Bonchev–Trinajstić information content (AvgIpc) is 3.04. The Morgan fingerprint density at radius 2 is 2.17 bits per heavy atom. The number of halogens is 1. The molecule has 1 unspecified atom stereocenters. The first-order chi connectivity index (χ1) is 11.1. The van der Waals surface area contributed by atoms with Crippen molar-refractivity contribution < 1.29 is 14.2 Å².